The van der Waals surface area contributed by atoms with Gasteiger partial charge in [-0.2, -0.15) is 0 Å². The summed E-state index contributed by atoms with van der Waals surface area (Å²) in [5, 5.41) is 0. The van der Waals surface area contributed by atoms with Gasteiger partial charge in [0, 0.05) is 13.5 Å². The molecule has 0 saturated carbocycles. The Labute approximate surface area is 138 Å². The minimum Gasteiger partial charge on any atom is -0.382 e. The van der Waals surface area contributed by atoms with E-state index in [1.54, 1.807) is 0 Å². The first-order valence-corrected chi connectivity index (χ1v) is 9.12. The molecule has 1 heterocycles. The molecule has 0 aromatic carbocycles. The molecule has 3 heteroatoms. The van der Waals surface area contributed by atoms with E-state index in [-0.39, 0.29) is 5.41 Å². The minimum atomic E-state index is 0.276. The first kappa shape index (κ1) is 19.9. The van der Waals surface area contributed by atoms with Crippen molar-refractivity contribution in [3.05, 3.63) is 0 Å². The normalized spacial score (nSPS) is 23.9. The predicted molar refractivity (Wildman–Crippen MR) is 92.3 cm³/mol. The standard InChI is InChI=1S/C19H38O3/c1-8-16(10-14(3)20-7)19(5,6)12-17(9-2)22-15(4)11-18-13-21-18/h14-18H,8-13H2,1-7H3. The van der Waals surface area contributed by atoms with E-state index in [0.29, 0.717) is 30.3 Å². The lowest BCUT2D eigenvalue weighted by Crippen LogP contribution is -2.33. The summed E-state index contributed by atoms with van der Waals surface area (Å²) in [6.07, 6.45) is 6.98. The van der Waals surface area contributed by atoms with Gasteiger partial charge in [-0.1, -0.05) is 34.1 Å². The molecule has 5 unspecified atom stereocenters. The van der Waals surface area contributed by atoms with Crippen molar-refractivity contribution in [1.82, 2.24) is 0 Å². The van der Waals surface area contributed by atoms with Crippen LogP contribution in [0.3, 0.4) is 0 Å². The zero-order chi connectivity index (χ0) is 16.8. The van der Waals surface area contributed by atoms with Gasteiger partial charge in [0.25, 0.3) is 0 Å². The molecule has 0 spiro atoms. The fourth-order valence-electron chi connectivity index (χ4n) is 3.54. The molecule has 0 aromatic heterocycles. The summed E-state index contributed by atoms with van der Waals surface area (Å²) < 4.78 is 17.1. The lowest BCUT2D eigenvalue weighted by atomic mass is 9.71. The first-order chi connectivity index (χ1) is 10.3. The predicted octanol–water partition coefficient (Wildman–Crippen LogP) is 4.83. The second-order valence-electron chi connectivity index (χ2n) is 7.75. The van der Waals surface area contributed by atoms with E-state index >= 15 is 0 Å². The summed E-state index contributed by atoms with van der Waals surface area (Å²) in [6.45, 7) is 14.6. The second kappa shape index (κ2) is 9.24. The van der Waals surface area contributed by atoms with Gasteiger partial charge in [0.05, 0.1) is 31.0 Å². The molecule has 0 bridgehead atoms. The lowest BCUT2D eigenvalue weighted by molar-refractivity contribution is -0.0451. The number of epoxide rings is 1. The van der Waals surface area contributed by atoms with Crippen LogP contribution in [0.2, 0.25) is 0 Å². The highest BCUT2D eigenvalue weighted by Gasteiger charge is 2.33. The topological polar surface area (TPSA) is 31.0 Å². The van der Waals surface area contributed by atoms with Crippen molar-refractivity contribution in [2.75, 3.05) is 13.7 Å². The molecule has 1 aliphatic heterocycles. The van der Waals surface area contributed by atoms with Crippen LogP contribution in [0, 0.1) is 11.3 Å². The van der Waals surface area contributed by atoms with Crippen LogP contribution in [0.15, 0.2) is 0 Å². The largest absolute Gasteiger partial charge is 0.382 e. The Kier molecular flexibility index (Phi) is 8.37. The quantitative estimate of drug-likeness (QED) is 0.484. The van der Waals surface area contributed by atoms with Crippen LogP contribution in [-0.2, 0) is 14.2 Å². The van der Waals surface area contributed by atoms with Crippen molar-refractivity contribution in [1.29, 1.82) is 0 Å². The van der Waals surface area contributed by atoms with Crippen LogP contribution in [0.25, 0.3) is 0 Å². The van der Waals surface area contributed by atoms with Crippen molar-refractivity contribution in [2.45, 2.75) is 98.1 Å². The van der Waals surface area contributed by atoms with Crippen LogP contribution >= 0.6 is 0 Å². The van der Waals surface area contributed by atoms with Crippen molar-refractivity contribution < 1.29 is 14.2 Å². The average molecular weight is 315 g/mol. The molecule has 132 valence electrons. The molecule has 3 nitrogen and oxygen atoms in total. The molecule has 1 fully saturated rings. The van der Waals surface area contributed by atoms with Gasteiger partial charge in [0.15, 0.2) is 0 Å². The van der Waals surface area contributed by atoms with Crippen LogP contribution in [0.1, 0.15) is 73.6 Å². The zero-order valence-electron chi connectivity index (χ0n) is 15.9. The van der Waals surface area contributed by atoms with Gasteiger partial charge < -0.3 is 14.2 Å². The van der Waals surface area contributed by atoms with Gasteiger partial charge in [-0.05, 0) is 44.4 Å². The molecule has 0 amide bonds. The average Bonchev–Trinajstić information content (AvgIpc) is 3.26. The highest BCUT2D eigenvalue weighted by molar-refractivity contribution is 4.83. The Morgan fingerprint density at radius 1 is 1.14 bits per heavy atom. The summed E-state index contributed by atoms with van der Waals surface area (Å²) >= 11 is 0. The molecule has 0 aliphatic carbocycles. The van der Waals surface area contributed by atoms with Crippen molar-refractivity contribution >= 4 is 0 Å². The van der Waals surface area contributed by atoms with Crippen LogP contribution in [0.5, 0.6) is 0 Å². The Morgan fingerprint density at radius 3 is 2.23 bits per heavy atom. The van der Waals surface area contributed by atoms with Crippen molar-refractivity contribution in [3.8, 4) is 0 Å². The van der Waals surface area contributed by atoms with Gasteiger partial charge in [-0.15, -0.1) is 0 Å². The Bertz CT molecular complexity index is 299. The second-order valence-corrected chi connectivity index (χ2v) is 7.75. The molecule has 1 saturated heterocycles. The van der Waals surface area contributed by atoms with Crippen LogP contribution in [0.4, 0.5) is 0 Å². The maximum Gasteiger partial charge on any atom is 0.0834 e. The van der Waals surface area contributed by atoms with Crippen molar-refractivity contribution in [2.24, 2.45) is 11.3 Å². The number of ether oxygens (including phenoxy) is 3. The molecule has 1 aliphatic rings. The summed E-state index contributed by atoms with van der Waals surface area (Å²) in [6, 6.07) is 0. The Hall–Kier alpha value is -0.120. The molecule has 0 N–H and O–H groups in total. The van der Waals surface area contributed by atoms with E-state index in [1.165, 1.54) is 6.42 Å². The maximum absolute atomic E-state index is 6.30. The number of methoxy groups -OCH3 is 1. The van der Waals surface area contributed by atoms with Gasteiger partial charge in [-0.25, -0.2) is 0 Å². The molecule has 0 aromatic rings. The molecule has 1 rings (SSSR count). The van der Waals surface area contributed by atoms with E-state index < -0.39 is 0 Å². The third-order valence-corrected chi connectivity index (χ3v) is 5.25. The van der Waals surface area contributed by atoms with Gasteiger partial charge >= 0.3 is 0 Å². The summed E-state index contributed by atoms with van der Waals surface area (Å²) in [5.41, 5.74) is 0.276. The SMILES string of the molecule is CCC(CC(C)(C)C(CC)CC(C)OC)OC(C)CC1CO1. The summed E-state index contributed by atoms with van der Waals surface area (Å²) in [5.74, 6) is 0.669. The summed E-state index contributed by atoms with van der Waals surface area (Å²) in [4.78, 5) is 0. The van der Waals surface area contributed by atoms with E-state index in [4.69, 9.17) is 14.2 Å². The lowest BCUT2D eigenvalue weighted by Gasteiger charge is -2.38. The van der Waals surface area contributed by atoms with Gasteiger partial charge in [0.2, 0.25) is 0 Å². The fraction of sp³-hybridized carbons (Fsp3) is 1.00. The zero-order valence-corrected chi connectivity index (χ0v) is 15.9. The number of hydrogen-bond acceptors (Lipinski definition) is 3. The molecule has 22 heavy (non-hydrogen) atoms. The van der Waals surface area contributed by atoms with Crippen LogP contribution < -0.4 is 0 Å². The van der Waals surface area contributed by atoms with Gasteiger partial charge in [0.1, 0.15) is 0 Å². The monoisotopic (exact) mass is 314 g/mol. The number of hydrogen-bond donors (Lipinski definition) is 0. The minimum absolute atomic E-state index is 0.276. The molecule has 0 radical (unpaired) electrons. The van der Waals surface area contributed by atoms with E-state index in [2.05, 4.69) is 41.5 Å². The van der Waals surface area contributed by atoms with E-state index in [1.807, 2.05) is 7.11 Å². The number of rotatable bonds is 12. The first-order valence-electron chi connectivity index (χ1n) is 9.12. The molecule has 5 atom stereocenters. The summed E-state index contributed by atoms with van der Waals surface area (Å²) in [7, 11) is 1.81. The molecular formula is C19H38O3. The Balaban J connectivity index is 2.52. The highest BCUT2D eigenvalue weighted by Crippen LogP contribution is 2.39. The molecular weight excluding hydrogens is 276 g/mol. The van der Waals surface area contributed by atoms with Crippen molar-refractivity contribution in [3.63, 3.8) is 0 Å². The van der Waals surface area contributed by atoms with E-state index in [9.17, 15) is 0 Å². The third-order valence-electron chi connectivity index (χ3n) is 5.25. The van der Waals surface area contributed by atoms with Crippen LogP contribution in [-0.4, -0.2) is 38.1 Å². The van der Waals surface area contributed by atoms with Gasteiger partial charge in [-0.3, -0.25) is 0 Å². The fourth-order valence-corrected chi connectivity index (χ4v) is 3.54. The maximum atomic E-state index is 6.30. The van der Waals surface area contributed by atoms with E-state index in [0.717, 1.165) is 32.3 Å². The highest BCUT2D eigenvalue weighted by atomic mass is 16.6. The Morgan fingerprint density at radius 2 is 1.77 bits per heavy atom. The smallest absolute Gasteiger partial charge is 0.0834 e. The third kappa shape index (κ3) is 6.97.